The zero-order chi connectivity index (χ0) is 23.7. The molecule has 0 atom stereocenters. The van der Waals surface area contributed by atoms with E-state index in [1.165, 1.54) is 12.1 Å². The minimum Gasteiger partial charge on any atom is -0.405 e. The molecular formula is C20H10F9NO2. The van der Waals surface area contributed by atoms with Crippen LogP contribution in [0.15, 0.2) is 60.7 Å². The van der Waals surface area contributed by atoms with Crippen LogP contribution in [0, 0.1) is 0 Å². The Labute approximate surface area is 174 Å². The summed E-state index contributed by atoms with van der Waals surface area (Å²) >= 11 is 0. The summed E-state index contributed by atoms with van der Waals surface area (Å²) in [6.45, 7) is 0. The SMILES string of the molecule is FC(F)(F)Oc1ccccc1-c1ccc(C(F)(F)F)c(-c2ccccc2OC(F)(F)F)n1. The van der Waals surface area contributed by atoms with Crippen molar-refractivity contribution in [2.45, 2.75) is 18.9 Å². The topological polar surface area (TPSA) is 31.4 Å². The number of halogens is 9. The molecule has 0 amide bonds. The molecule has 0 radical (unpaired) electrons. The van der Waals surface area contributed by atoms with E-state index in [9.17, 15) is 39.5 Å². The maximum atomic E-state index is 13.6. The first-order valence-electron chi connectivity index (χ1n) is 8.53. The second-order valence-electron chi connectivity index (χ2n) is 6.18. The lowest BCUT2D eigenvalue weighted by molar-refractivity contribution is -0.275. The van der Waals surface area contributed by atoms with Crippen LogP contribution in [0.3, 0.4) is 0 Å². The maximum Gasteiger partial charge on any atom is 0.573 e. The Balaban J connectivity index is 2.23. The summed E-state index contributed by atoms with van der Waals surface area (Å²) < 4.78 is 125. The summed E-state index contributed by atoms with van der Waals surface area (Å²) in [6.07, 6.45) is -15.3. The predicted octanol–water partition coefficient (Wildman–Crippen LogP) is 7.23. The van der Waals surface area contributed by atoms with Crippen LogP contribution in [-0.2, 0) is 6.18 Å². The molecule has 1 heterocycles. The lowest BCUT2D eigenvalue weighted by atomic mass is 10.0. The molecule has 0 saturated heterocycles. The summed E-state index contributed by atoms with van der Waals surface area (Å²) in [7, 11) is 0. The summed E-state index contributed by atoms with van der Waals surface area (Å²) in [4.78, 5) is 3.75. The number of benzene rings is 2. The number of hydrogen-bond acceptors (Lipinski definition) is 3. The first kappa shape index (κ1) is 23.2. The second-order valence-corrected chi connectivity index (χ2v) is 6.18. The summed E-state index contributed by atoms with van der Waals surface area (Å²) in [6, 6.07) is 9.78. The molecular weight excluding hydrogens is 457 g/mol. The fourth-order valence-corrected chi connectivity index (χ4v) is 2.81. The van der Waals surface area contributed by atoms with Gasteiger partial charge in [-0.25, -0.2) is 4.98 Å². The van der Waals surface area contributed by atoms with E-state index < -0.39 is 52.9 Å². The average Bonchev–Trinajstić information content (AvgIpc) is 2.65. The molecule has 1 aromatic heterocycles. The van der Waals surface area contributed by atoms with E-state index in [2.05, 4.69) is 14.5 Å². The van der Waals surface area contributed by atoms with Crippen molar-refractivity contribution >= 4 is 0 Å². The zero-order valence-electron chi connectivity index (χ0n) is 15.4. The third-order valence-corrected chi connectivity index (χ3v) is 3.96. The number of hydrogen-bond donors (Lipinski definition) is 0. The maximum absolute atomic E-state index is 13.6. The van der Waals surface area contributed by atoms with Gasteiger partial charge in [0.1, 0.15) is 11.5 Å². The summed E-state index contributed by atoms with van der Waals surface area (Å²) in [5.41, 5.74) is -3.75. The van der Waals surface area contributed by atoms with E-state index in [0.29, 0.717) is 6.07 Å². The highest BCUT2D eigenvalue weighted by molar-refractivity contribution is 5.75. The third-order valence-electron chi connectivity index (χ3n) is 3.96. The van der Waals surface area contributed by atoms with Crippen LogP contribution in [-0.4, -0.2) is 17.7 Å². The Morgan fingerprint density at radius 2 is 1.03 bits per heavy atom. The molecule has 12 heteroatoms. The van der Waals surface area contributed by atoms with Crippen molar-refractivity contribution < 1.29 is 49.0 Å². The number of aromatic nitrogens is 1. The molecule has 0 aliphatic heterocycles. The van der Waals surface area contributed by atoms with E-state index in [4.69, 9.17) is 0 Å². The van der Waals surface area contributed by atoms with Crippen LogP contribution < -0.4 is 9.47 Å². The van der Waals surface area contributed by atoms with Crippen LogP contribution in [0.4, 0.5) is 39.5 Å². The smallest absolute Gasteiger partial charge is 0.405 e. The number of para-hydroxylation sites is 2. The van der Waals surface area contributed by atoms with Gasteiger partial charge in [0, 0.05) is 11.1 Å². The number of rotatable bonds is 4. The Kier molecular flexibility index (Phi) is 5.98. The van der Waals surface area contributed by atoms with E-state index in [-0.39, 0.29) is 5.56 Å². The molecule has 32 heavy (non-hydrogen) atoms. The molecule has 3 nitrogen and oxygen atoms in total. The normalized spacial score (nSPS) is 12.5. The number of nitrogens with zero attached hydrogens (tertiary/aromatic N) is 1. The Bertz CT molecular complexity index is 1110. The molecule has 2 aromatic carbocycles. The van der Waals surface area contributed by atoms with Crippen molar-refractivity contribution in [2.24, 2.45) is 0 Å². The van der Waals surface area contributed by atoms with Crippen LogP contribution >= 0.6 is 0 Å². The Morgan fingerprint density at radius 3 is 1.53 bits per heavy atom. The standard InChI is InChI=1S/C20H10F9NO2/c21-18(22,23)13-9-10-14(11-5-1-3-7-15(11)31-19(24,25)26)30-17(13)12-6-2-4-8-16(12)32-20(27,28)29/h1-10H. The molecule has 3 aromatic rings. The van der Waals surface area contributed by atoms with E-state index >= 15 is 0 Å². The number of ether oxygens (including phenoxy) is 2. The van der Waals surface area contributed by atoms with Gasteiger partial charge in [-0.2, -0.15) is 13.2 Å². The fourth-order valence-electron chi connectivity index (χ4n) is 2.81. The van der Waals surface area contributed by atoms with Crippen molar-refractivity contribution in [3.05, 3.63) is 66.2 Å². The molecule has 0 N–H and O–H groups in total. The van der Waals surface area contributed by atoms with E-state index in [1.807, 2.05) is 0 Å². The molecule has 3 rings (SSSR count). The van der Waals surface area contributed by atoms with Crippen molar-refractivity contribution in [3.63, 3.8) is 0 Å². The van der Waals surface area contributed by atoms with Crippen molar-refractivity contribution in [3.8, 4) is 34.0 Å². The highest BCUT2D eigenvalue weighted by atomic mass is 19.4. The summed E-state index contributed by atoms with van der Waals surface area (Å²) in [5, 5.41) is 0. The monoisotopic (exact) mass is 467 g/mol. The Morgan fingerprint density at radius 1 is 0.562 bits per heavy atom. The highest BCUT2D eigenvalue weighted by Gasteiger charge is 2.38. The zero-order valence-corrected chi connectivity index (χ0v) is 15.4. The summed E-state index contributed by atoms with van der Waals surface area (Å²) in [5.74, 6) is -1.71. The highest BCUT2D eigenvalue weighted by Crippen LogP contribution is 2.42. The van der Waals surface area contributed by atoms with Gasteiger partial charge in [-0.15, -0.1) is 26.3 Å². The molecule has 170 valence electrons. The van der Waals surface area contributed by atoms with Gasteiger partial charge in [0.05, 0.1) is 17.0 Å². The third kappa shape index (κ3) is 5.62. The lowest BCUT2D eigenvalue weighted by Crippen LogP contribution is -2.18. The van der Waals surface area contributed by atoms with E-state index in [0.717, 1.165) is 42.5 Å². The number of pyridine rings is 1. The molecule has 0 fully saturated rings. The van der Waals surface area contributed by atoms with Crippen LogP contribution in [0.5, 0.6) is 11.5 Å². The van der Waals surface area contributed by atoms with Gasteiger partial charge in [-0.3, -0.25) is 0 Å². The van der Waals surface area contributed by atoms with Gasteiger partial charge in [0.25, 0.3) is 0 Å². The molecule has 0 unspecified atom stereocenters. The van der Waals surface area contributed by atoms with Crippen LogP contribution in [0.1, 0.15) is 5.56 Å². The van der Waals surface area contributed by atoms with Gasteiger partial charge < -0.3 is 9.47 Å². The molecule has 0 spiro atoms. The largest absolute Gasteiger partial charge is 0.573 e. The predicted molar refractivity (Wildman–Crippen MR) is 93.5 cm³/mol. The lowest BCUT2D eigenvalue weighted by Gasteiger charge is -2.18. The first-order valence-corrected chi connectivity index (χ1v) is 8.53. The van der Waals surface area contributed by atoms with Crippen molar-refractivity contribution in [2.75, 3.05) is 0 Å². The van der Waals surface area contributed by atoms with E-state index in [1.54, 1.807) is 0 Å². The van der Waals surface area contributed by atoms with Crippen molar-refractivity contribution in [1.29, 1.82) is 0 Å². The molecule has 0 bridgehead atoms. The average molecular weight is 467 g/mol. The van der Waals surface area contributed by atoms with Crippen molar-refractivity contribution in [1.82, 2.24) is 4.98 Å². The van der Waals surface area contributed by atoms with Gasteiger partial charge in [-0.05, 0) is 36.4 Å². The van der Waals surface area contributed by atoms with Crippen LogP contribution in [0.2, 0.25) is 0 Å². The quantitative estimate of drug-likeness (QED) is 0.380. The minimum absolute atomic E-state index is 0.325. The molecule has 0 aliphatic carbocycles. The minimum atomic E-state index is -5.21. The molecule has 0 saturated carbocycles. The second kappa shape index (κ2) is 8.24. The molecule has 0 aliphatic rings. The van der Waals surface area contributed by atoms with Crippen LogP contribution in [0.25, 0.3) is 22.5 Å². The first-order chi connectivity index (χ1) is 14.7. The van der Waals surface area contributed by atoms with Gasteiger partial charge in [0.15, 0.2) is 0 Å². The van der Waals surface area contributed by atoms with Gasteiger partial charge >= 0.3 is 18.9 Å². The van der Waals surface area contributed by atoms with Gasteiger partial charge in [0.2, 0.25) is 0 Å². The van der Waals surface area contributed by atoms with Gasteiger partial charge in [-0.1, -0.05) is 24.3 Å². The fraction of sp³-hybridized carbons (Fsp3) is 0.150. The number of alkyl halides is 9. The Hall–Kier alpha value is -3.44.